The van der Waals surface area contributed by atoms with Crippen molar-refractivity contribution >= 4 is 11.3 Å². The van der Waals surface area contributed by atoms with Gasteiger partial charge in [0, 0.05) is 29.5 Å². The lowest BCUT2D eigenvalue weighted by atomic mass is 9.78. The Hall–Kier alpha value is -1.39. The first-order valence-corrected chi connectivity index (χ1v) is 7.41. The highest BCUT2D eigenvalue weighted by atomic mass is 32.1. The molecule has 0 aliphatic carbocycles. The van der Waals surface area contributed by atoms with Gasteiger partial charge in [-0.15, -0.1) is 11.3 Å². The Balaban J connectivity index is 1.85. The van der Waals surface area contributed by atoms with E-state index in [9.17, 15) is 0 Å². The monoisotopic (exact) mass is 274 g/mol. The van der Waals surface area contributed by atoms with E-state index in [4.69, 9.17) is 10.5 Å². The number of nitrogens with two attached hydrogens (primary N) is 1. The molecule has 3 nitrogen and oxygen atoms in total. The van der Waals surface area contributed by atoms with Crippen molar-refractivity contribution in [2.45, 2.75) is 19.8 Å². The fourth-order valence-electron chi connectivity index (χ4n) is 2.60. The van der Waals surface area contributed by atoms with Gasteiger partial charge in [-0.2, -0.15) is 0 Å². The molecule has 1 aliphatic rings. The van der Waals surface area contributed by atoms with Gasteiger partial charge in [0.25, 0.3) is 0 Å². The normalized spacial score (nSPS) is 21.8. The summed E-state index contributed by atoms with van der Waals surface area (Å²) < 4.78 is 5.91. The summed E-state index contributed by atoms with van der Waals surface area (Å²) in [5.41, 5.74) is 8.38. The van der Waals surface area contributed by atoms with Crippen LogP contribution in [0.1, 0.15) is 16.3 Å². The van der Waals surface area contributed by atoms with Crippen LogP contribution in [0.5, 0.6) is 5.75 Å². The quantitative estimate of drug-likeness (QED) is 0.936. The van der Waals surface area contributed by atoms with Gasteiger partial charge in [0.15, 0.2) is 0 Å². The summed E-state index contributed by atoms with van der Waals surface area (Å²) in [6, 6.07) is 8.23. The molecule has 19 heavy (non-hydrogen) atoms. The molecule has 1 aliphatic heterocycles. The van der Waals surface area contributed by atoms with E-state index in [-0.39, 0.29) is 5.41 Å². The second-order valence-electron chi connectivity index (χ2n) is 5.34. The van der Waals surface area contributed by atoms with Crippen LogP contribution >= 0.6 is 11.3 Å². The minimum atomic E-state index is -0.0152. The molecule has 2 heterocycles. The van der Waals surface area contributed by atoms with E-state index in [1.807, 2.05) is 19.1 Å². The first kappa shape index (κ1) is 12.6. The first-order chi connectivity index (χ1) is 9.21. The van der Waals surface area contributed by atoms with E-state index in [0.717, 1.165) is 29.3 Å². The average Bonchev–Trinajstić information content (AvgIpc) is 2.84. The zero-order valence-electron chi connectivity index (χ0n) is 11.1. The van der Waals surface area contributed by atoms with Crippen LogP contribution in [0.2, 0.25) is 0 Å². The van der Waals surface area contributed by atoms with Gasteiger partial charge >= 0.3 is 0 Å². The molecule has 0 amide bonds. The Morgan fingerprint density at radius 2 is 2.26 bits per heavy atom. The van der Waals surface area contributed by atoms with Crippen molar-refractivity contribution in [3.8, 4) is 5.75 Å². The van der Waals surface area contributed by atoms with Crippen LogP contribution in [-0.2, 0) is 12.8 Å². The number of aryl methyl sites for hydroxylation is 1. The highest BCUT2D eigenvalue weighted by molar-refractivity contribution is 7.09. The second-order valence-corrected chi connectivity index (χ2v) is 6.28. The topological polar surface area (TPSA) is 48.1 Å². The summed E-state index contributed by atoms with van der Waals surface area (Å²) in [5.74, 6) is 1.00. The van der Waals surface area contributed by atoms with Crippen LogP contribution in [0, 0.1) is 12.3 Å². The maximum absolute atomic E-state index is 6.05. The fourth-order valence-corrected chi connectivity index (χ4v) is 3.54. The maximum Gasteiger partial charge on any atom is 0.122 e. The molecule has 1 aromatic heterocycles. The third-order valence-corrected chi connectivity index (χ3v) is 4.66. The van der Waals surface area contributed by atoms with Crippen molar-refractivity contribution in [3.63, 3.8) is 0 Å². The van der Waals surface area contributed by atoms with Crippen molar-refractivity contribution in [3.05, 3.63) is 45.9 Å². The summed E-state index contributed by atoms with van der Waals surface area (Å²) in [7, 11) is 0. The van der Waals surface area contributed by atoms with Gasteiger partial charge in [0.2, 0.25) is 0 Å². The lowest BCUT2D eigenvalue weighted by molar-refractivity contribution is 0.126. The molecule has 2 N–H and O–H groups in total. The van der Waals surface area contributed by atoms with E-state index in [1.165, 1.54) is 5.56 Å². The van der Waals surface area contributed by atoms with Gasteiger partial charge in [-0.05, 0) is 25.0 Å². The molecule has 4 heteroatoms. The molecule has 0 spiro atoms. The van der Waals surface area contributed by atoms with Crippen LogP contribution in [0.25, 0.3) is 0 Å². The van der Waals surface area contributed by atoms with Gasteiger partial charge in [0.05, 0.1) is 11.6 Å². The first-order valence-electron chi connectivity index (χ1n) is 6.53. The maximum atomic E-state index is 6.05. The van der Waals surface area contributed by atoms with Gasteiger partial charge in [-0.25, -0.2) is 4.98 Å². The number of ether oxygens (including phenoxy) is 1. The standard InChI is InChI=1S/C15H18N2OS/c1-11-8-19-14(17-11)7-15(9-16)6-12-4-2-3-5-13(12)18-10-15/h2-5,8H,6-7,9-10,16H2,1H3. The molecule has 0 saturated carbocycles. The number of nitrogens with zero attached hydrogens (tertiary/aromatic N) is 1. The molecule has 0 saturated heterocycles. The molecule has 1 aromatic carbocycles. The van der Waals surface area contributed by atoms with E-state index >= 15 is 0 Å². The highest BCUT2D eigenvalue weighted by Crippen LogP contribution is 2.36. The summed E-state index contributed by atoms with van der Waals surface area (Å²) in [5, 5.41) is 3.25. The van der Waals surface area contributed by atoms with E-state index < -0.39 is 0 Å². The van der Waals surface area contributed by atoms with Gasteiger partial charge in [-0.3, -0.25) is 0 Å². The molecule has 2 aromatic rings. The number of fused-ring (bicyclic) bond motifs is 1. The molecule has 0 radical (unpaired) electrons. The van der Waals surface area contributed by atoms with Crippen molar-refractivity contribution in [2.75, 3.05) is 13.2 Å². The largest absolute Gasteiger partial charge is 0.493 e. The van der Waals surface area contributed by atoms with Crippen LogP contribution in [0.3, 0.4) is 0 Å². The minimum absolute atomic E-state index is 0.0152. The SMILES string of the molecule is Cc1csc(CC2(CN)COc3ccccc3C2)n1. The molecular weight excluding hydrogens is 256 g/mol. The van der Waals surface area contributed by atoms with Gasteiger partial charge < -0.3 is 10.5 Å². The van der Waals surface area contributed by atoms with Crippen molar-refractivity contribution < 1.29 is 4.74 Å². The summed E-state index contributed by atoms with van der Waals surface area (Å²) >= 11 is 1.72. The van der Waals surface area contributed by atoms with E-state index in [0.29, 0.717) is 13.2 Å². The predicted octanol–water partition coefficient (Wildman–Crippen LogP) is 2.57. The lowest BCUT2D eigenvalue weighted by Gasteiger charge is -2.36. The molecule has 100 valence electrons. The number of rotatable bonds is 3. The molecule has 0 fully saturated rings. The minimum Gasteiger partial charge on any atom is -0.493 e. The Labute approximate surface area is 117 Å². The summed E-state index contributed by atoms with van der Waals surface area (Å²) in [4.78, 5) is 4.56. The van der Waals surface area contributed by atoms with Gasteiger partial charge in [0.1, 0.15) is 5.75 Å². The zero-order valence-corrected chi connectivity index (χ0v) is 11.9. The smallest absolute Gasteiger partial charge is 0.122 e. The molecule has 1 atom stereocenters. The number of thiazole rings is 1. The Morgan fingerprint density at radius 1 is 1.42 bits per heavy atom. The van der Waals surface area contributed by atoms with Crippen LogP contribution in [0.4, 0.5) is 0 Å². The Bertz CT molecular complexity index is 581. The second kappa shape index (κ2) is 4.94. The van der Waals surface area contributed by atoms with Gasteiger partial charge in [-0.1, -0.05) is 18.2 Å². The molecule has 3 rings (SSSR count). The molecule has 1 unspecified atom stereocenters. The molecule has 0 bridgehead atoms. The average molecular weight is 274 g/mol. The van der Waals surface area contributed by atoms with Crippen molar-refractivity contribution in [1.29, 1.82) is 0 Å². The number of hydrogen-bond donors (Lipinski definition) is 1. The van der Waals surface area contributed by atoms with Crippen molar-refractivity contribution in [1.82, 2.24) is 4.98 Å². The summed E-state index contributed by atoms with van der Waals surface area (Å²) in [6.45, 7) is 3.33. The predicted molar refractivity (Wildman–Crippen MR) is 77.7 cm³/mol. The van der Waals surface area contributed by atoms with Crippen LogP contribution < -0.4 is 10.5 Å². The zero-order chi connectivity index (χ0) is 13.3. The number of aromatic nitrogens is 1. The van der Waals surface area contributed by atoms with E-state index in [1.54, 1.807) is 11.3 Å². The summed E-state index contributed by atoms with van der Waals surface area (Å²) in [6.07, 6.45) is 1.87. The van der Waals surface area contributed by atoms with Crippen LogP contribution in [-0.4, -0.2) is 18.1 Å². The van der Waals surface area contributed by atoms with E-state index in [2.05, 4.69) is 22.5 Å². The fraction of sp³-hybridized carbons (Fsp3) is 0.400. The van der Waals surface area contributed by atoms with Crippen molar-refractivity contribution in [2.24, 2.45) is 11.1 Å². The number of benzene rings is 1. The van der Waals surface area contributed by atoms with Crippen LogP contribution in [0.15, 0.2) is 29.6 Å². The Kier molecular flexibility index (Phi) is 3.29. The Morgan fingerprint density at radius 3 is 3.00 bits per heavy atom. The molecular formula is C15H18N2OS. The number of para-hydroxylation sites is 1. The third-order valence-electron chi connectivity index (χ3n) is 3.70. The number of hydrogen-bond acceptors (Lipinski definition) is 4. The highest BCUT2D eigenvalue weighted by Gasteiger charge is 2.35. The third kappa shape index (κ3) is 2.51. The lowest BCUT2D eigenvalue weighted by Crippen LogP contribution is -2.43.